The number of hydrogen-bond donors (Lipinski definition) is 1. The molecule has 2 heterocycles. The molecule has 1 spiro atoms. The lowest BCUT2D eigenvalue weighted by atomic mass is 9.67. The van der Waals surface area contributed by atoms with Crippen LogP contribution in [0.2, 0.25) is 0 Å². The van der Waals surface area contributed by atoms with E-state index in [0.29, 0.717) is 44.9 Å². The van der Waals surface area contributed by atoms with Gasteiger partial charge in [0.1, 0.15) is 11.4 Å². The Bertz CT molecular complexity index is 895. The van der Waals surface area contributed by atoms with Crippen LogP contribution in [0, 0.1) is 17.2 Å². The molecule has 3 fully saturated rings. The molecular weight excluding hydrogens is 423 g/mol. The van der Waals surface area contributed by atoms with Crippen molar-refractivity contribution in [2.24, 2.45) is 11.3 Å². The lowest BCUT2D eigenvalue weighted by molar-refractivity contribution is -0.137. The number of imide groups is 1. The monoisotopic (exact) mass is 458 g/mol. The van der Waals surface area contributed by atoms with Crippen molar-refractivity contribution < 1.29 is 18.8 Å². The van der Waals surface area contributed by atoms with Gasteiger partial charge in [0.15, 0.2) is 0 Å². The molecule has 4 rings (SSSR count). The Hall–Kier alpha value is -2.48. The second-order valence-corrected chi connectivity index (χ2v) is 10.8. The van der Waals surface area contributed by atoms with Crippen LogP contribution in [0.15, 0.2) is 24.3 Å². The second kappa shape index (κ2) is 9.05. The summed E-state index contributed by atoms with van der Waals surface area (Å²) < 4.78 is 13.1. The van der Waals surface area contributed by atoms with Crippen molar-refractivity contribution >= 4 is 17.8 Å². The molecule has 0 atom stereocenters. The smallest absolute Gasteiger partial charge is 0.326 e. The lowest BCUT2D eigenvalue weighted by Crippen LogP contribution is -2.54. The molecule has 1 saturated carbocycles. The summed E-state index contributed by atoms with van der Waals surface area (Å²) in [6.45, 7) is 9.26. The minimum Gasteiger partial charge on any atom is -0.340 e. The molecule has 7 nitrogen and oxygen atoms in total. The summed E-state index contributed by atoms with van der Waals surface area (Å²) in [5, 5.41) is 3.01. The predicted octanol–water partition coefficient (Wildman–Crippen LogP) is 3.00. The van der Waals surface area contributed by atoms with Crippen LogP contribution < -0.4 is 5.32 Å². The zero-order chi connectivity index (χ0) is 23.8. The van der Waals surface area contributed by atoms with Gasteiger partial charge in [-0.1, -0.05) is 32.9 Å². The van der Waals surface area contributed by atoms with E-state index in [0.717, 1.165) is 18.4 Å². The fourth-order valence-corrected chi connectivity index (χ4v) is 5.35. The first kappa shape index (κ1) is 23.7. The highest BCUT2D eigenvalue weighted by molar-refractivity contribution is 6.07. The standard InChI is InChI=1S/C25H35FN4O3/c1-24(2,3)19-8-10-25(11-9-19)22(32)30(23(33)27-25)17-28-12-14-29(15-13-28)21(31)16-18-4-6-20(26)7-5-18/h4-7,19H,8-17H2,1-3H3,(H,27,33). The molecule has 33 heavy (non-hydrogen) atoms. The molecule has 0 radical (unpaired) electrons. The summed E-state index contributed by atoms with van der Waals surface area (Å²) in [5.41, 5.74) is 0.252. The van der Waals surface area contributed by atoms with Crippen molar-refractivity contribution in [3.05, 3.63) is 35.6 Å². The number of carbonyl (C=O) groups excluding carboxylic acids is 3. The van der Waals surface area contributed by atoms with Crippen LogP contribution >= 0.6 is 0 Å². The molecule has 1 aliphatic carbocycles. The van der Waals surface area contributed by atoms with E-state index in [9.17, 15) is 18.8 Å². The Labute approximate surface area is 195 Å². The average molecular weight is 459 g/mol. The lowest BCUT2D eigenvalue weighted by Gasteiger charge is -2.41. The Kier molecular flexibility index (Phi) is 6.49. The van der Waals surface area contributed by atoms with Crippen molar-refractivity contribution in [2.45, 2.75) is 58.4 Å². The van der Waals surface area contributed by atoms with Gasteiger partial charge in [0, 0.05) is 26.2 Å². The number of carbonyl (C=O) groups is 3. The van der Waals surface area contributed by atoms with Gasteiger partial charge in [-0.2, -0.15) is 0 Å². The number of nitrogens with zero attached hydrogens (tertiary/aromatic N) is 3. The van der Waals surface area contributed by atoms with E-state index in [-0.39, 0.29) is 42.2 Å². The van der Waals surface area contributed by atoms with E-state index < -0.39 is 5.54 Å². The molecule has 1 aromatic rings. The van der Waals surface area contributed by atoms with E-state index in [4.69, 9.17) is 0 Å². The third-order valence-corrected chi connectivity index (χ3v) is 7.64. The third-order valence-electron chi connectivity index (χ3n) is 7.64. The maximum atomic E-state index is 13.2. The molecule has 1 aromatic carbocycles. The highest BCUT2D eigenvalue weighted by atomic mass is 19.1. The van der Waals surface area contributed by atoms with E-state index in [1.807, 2.05) is 0 Å². The van der Waals surface area contributed by atoms with E-state index in [1.165, 1.54) is 17.0 Å². The Morgan fingerprint density at radius 1 is 1.06 bits per heavy atom. The molecule has 180 valence electrons. The number of amides is 4. The third kappa shape index (κ3) is 5.05. The number of halogens is 1. The number of urea groups is 1. The number of benzene rings is 1. The fourth-order valence-electron chi connectivity index (χ4n) is 5.35. The Balaban J connectivity index is 1.28. The molecule has 0 bridgehead atoms. The van der Waals surface area contributed by atoms with Crippen LogP contribution in [0.4, 0.5) is 9.18 Å². The molecular formula is C25H35FN4O3. The number of rotatable bonds is 4. The summed E-state index contributed by atoms with van der Waals surface area (Å²) in [5.74, 6) is 0.146. The van der Waals surface area contributed by atoms with Crippen LogP contribution in [0.25, 0.3) is 0 Å². The van der Waals surface area contributed by atoms with Gasteiger partial charge >= 0.3 is 6.03 Å². The molecule has 2 saturated heterocycles. The van der Waals surface area contributed by atoms with Gasteiger partial charge in [-0.3, -0.25) is 14.5 Å². The van der Waals surface area contributed by atoms with Crippen molar-refractivity contribution in [2.75, 3.05) is 32.8 Å². The van der Waals surface area contributed by atoms with Crippen LogP contribution in [0.1, 0.15) is 52.0 Å². The average Bonchev–Trinajstić information content (AvgIpc) is 2.99. The van der Waals surface area contributed by atoms with Crippen LogP contribution in [-0.4, -0.2) is 70.9 Å². The van der Waals surface area contributed by atoms with Crippen molar-refractivity contribution in [1.82, 2.24) is 20.0 Å². The largest absolute Gasteiger partial charge is 0.340 e. The molecule has 4 amide bonds. The first-order valence-corrected chi connectivity index (χ1v) is 12.0. The highest BCUT2D eigenvalue weighted by Crippen LogP contribution is 2.43. The van der Waals surface area contributed by atoms with E-state index in [2.05, 4.69) is 31.0 Å². The molecule has 3 aliphatic rings. The molecule has 0 unspecified atom stereocenters. The maximum absolute atomic E-state index is 13.2. The molecule has 1 N–H and O–H groups in total. The first-order chi connectivity index (χ1) is 15.6. The SMILES string of the molecule is CC(C)(C)C1CCC2(CC1)NC(=O)N(CN1CCN(C(=O)Cc3ccc(F)cc3)CC1)C2=O. The summed E-state index contributed by atoms with van der Waals surface area (Å²) in [6.07, 6.45) is 3.52. The van der Waals surface area contributed by atoms with Gasteiger partial charge in [0.2, 0.25) is 5.91 Å². The van der Waals surface area contributed by atoms with Gasteiger partial charge in [-0.05, 0) is 54.7 Å². The normalized spacial score (nSPS) is 26.7. The van der Waals surface area contributed by atoms with Crippen molar-refractivity contribution in [3.8, 4) is 0 Å². The fraction of sp³-hybridized carbons (Fsp3) is 0.640. The summed E-state index contributed by atoms with van der Waals surface area (Å²) in [6, 6.07) is 5.68. The molecule has 8 heteroatoms. The minimum atomic E-state index is -0.744. The summed E-state index contributed by atoms with van der Waals surface area (Å²) in [4.78, 5) is 43.7. The topological polar surface area (TPSA) is 73.0 Å². The van der Waals surface area contributed by atoms with E-state index >= 15 is 0 Å². The van der Waals surface area contributed by atoms with Crippen LogP contribution in [0.5, 0.6) is 0 Å². The highest BCUT2D eigenvalue weighted by Gasteiger charge is 2.53. The second-order valence-electron chi connectivity index (χ2n) is 10.8. The zero-order valence-electron chi connectivity index (χ0n) is 19.9. The number of hydrogen-bond acceptors (Lipinski definition) is 4. The Morgan fingerprint density at radius 2 is 1.67 bits per heavy atom. The Morgan fingerprint density at radius 3 is 2.24 bits per heavy atom. The van der Waals surface area contributed by atoms with Crippen LogP contribution in [0.3, 0.4) is 0 Å². The first-order valence-electron chi connectivity index (χ1n) is 12.0. The van der Waals surface area contributed by atoms with E-state index in [1.54, 1.807) is 17.0 Å². The molecule has 2 aliphatic heterocycles. The number of nitrogens with one attached hydrogen (secondary N) is 1. The van der Waals surface area contributed by atoms with Crippen molar-refractivity contribution in [1.29, 1.82) is 0 Å². The summed E-state index contributed by atoms with van der Waals surface area (Å²) >= 11 is 0. The molecule has 0 aromatic heterocycles. The van der Waals surface area contributed by atoms with Crippen LogP contribution in [-0.2, 0) is 16.0 Å². The number of piperazine rings is 1. The van der Waals surface area contributed by atoms with Gasteiger partial charge in [0.25, 0.3) is 5.91 Å². The van der Waals surface area contributed by atoms with Gasteiger partial charge in [0.05, 0.1) is 13.1 Å². The predicted molar refractivity (Wildman–Crippen MR) is 123 cm³/mol. The quantitative estimate of drug-likeness (QED) is 0.704. The zero-order valence-corrected chi connectivity index (χ0v) is 19.9. The summed E-state index contributed by atoms with van der Waals surface area (Å²) in [7, 11) is 0. The van der Waals surface area contributed by atoms with Crippen molar-refractivity contribution in [3.63, 3.8) is 0 Å². The van der Waals surface area contributed by atoms with Gasteiger partial charge in [-0.25, -0.2) is 14.1 Å². The maximum Gasteiger partial charge on any atom is 0.326 e. The van der Waals surface area contributed by atoms with Gasteiger partial charge < -0.3 is 10.2 Å². The minimum absolute atomic E-state index is 0.00538. The van der Waals surface area contributed by atoms with Gasteiger partial charge in [-0.15, -0.1) is 0 Å².